The van der Waals surface area contributed by atoms with Crippen molar-refractivity contribution in [2.75, 3.05) is 0 Å². The molecule has 2 bridgehead atoms. The van der Waals surface area contributed by atoms with Gasteiger partial charge in [-0.3, -0.25) is 9.59 Å². The van der Waals surface area contributed by atoms with Crippen LogP contribution in [0.3, 0.4) is 0 Å². The molecule has 0 aromatic heterocycles. The number of aliphatic carboxylic acids is 3. The summed E-state index contributed by atoms with van der Waals surface area (Å²) in [7, 11) is 0. The highest BCUT2D eigenvalue weighted by atomic mass is 16.8. The Kier molecular flexibility index (Phi) is 8.93. The van der Waals surface area contributed by atoms with Crippen molar-refractivity contribution in [2.24, 2.45) is 5.92 Å². The number of carbonyl (C=O) groups excluding carboxylic acids is 2. The van der Waals surface area contributed by atoms with E-state index in [2.05, 4.69) is 6.58 Å². The standard InChI is InChI=1S/C27H32O14/c1-13(18(38-15(3)28)14(2)12-17-8-6-5-7-9-17)10-11-25-19(30)20(39-16(4)29)27(41-25,24(35)36)26(37,23(33)34)21(40-25)22(31)32/h5-9,14,18-21,30,37H,1,10-12H2,2-4H3,(H,31,32)(H,33,34)(H,35,36)/t14-,18-,19-,20-,21?,25?,26?,27?/m1/s1. The highest BCUT2D eigenvalue weighted by molar-refractivity contribution is 5.98. The Balaban J connectivity index is 2.01. The van der Waals surface area contributed by atoms with Crippen LogP contribution in [0.5, 0.6) is 0 Å². The van der Waals surface area contributed by atoms with E-state index in [4.69, 9.17) is 18.9 Å². The third kappa shape index (κ3) is 5.43. The molecule has 41 heavy (non-hydrogen) atoms. The van der Waals surface area contributed by atoms with Crippen LogP contribution < -0.4 is 0 Å². The summed E-state index contributed by atoms with van der Waals surface area (Å²) in [6.45, 7) is 7.77. The van der Waals surface area contributed by atoms with Crippen LogP contribution in [0.1, 0.15) is 39.2 Å². The lowest BCUT2D eigenvalue weighted by Gasteiger charge is -2.48. The van der Waals surface area contributed by atoms with E-state index in [0.717, 1.165) is 12.5 Å². The molecule has 8 atom stereocenters. The zero-order valence-corrected chi connectivity index (χ0v) is 22.5. The third-order valence-electron chi connectivity index (χ3n) is 7.30. The quantitative estimate of drug-likeness (QED) is 0.165. The number of carboxylic acid groups (broad SMARTS) is 3. The number of benzene rings is 1. The first-order valence-electron chi connectivity index (χ1n) is 12.6. The fraction of sp³-hybridized carbons (Fsp3) is 0.519. The van der Waals surface area contributed by atoms with Gasteiger partial charge in [0.15, 0.2) is 6.10 Å². The minimum absolute atomic E-state index is 0.228. The smallest absolute Gasteiger partial charge is 0.344 e. The molecule has 3 rings (SSSR count). The van der Waals surface area contributed by atoms with Gasteiger partial charge in [0, 0.05) is 26.2 Å². The topological polar surface area (TPSA) is 223 Å². The second-order valence-electron chi connectivity index (χ2n) is 10.2. The normalized spacial score (nSPS) is 31.9. The van der Waals surface area contributed by atoms with Crippen molar-refractivity contribution >= 4 is 29.8 Å². The number of fused-ring (bicyclic) bond motifs is 2. The molecule has 5 N–H and O–H groups in total. The number of carbonyl (C=O) groups is 5. The van der Waals surface area contributed by atoms with Crippen molar-refractivity contribution in [3.8, 4) is 0 Å². The van der Waals surface area contributed by atoms with E-state index in [0.29, 0.717) is 6.42 Å². The lowest BCUT2D eigenvalue weighted by atomic mass is 9.74. The summed E-state index contributed by atoms with van der Waals surface area (Å²) < 4.78 is 21.3. The molecule has 1 aromatic rings. The van der Waals surface area contributed by atoms with Gasteiger partial charge < -0.3 is 44.5 Å². The molecule has 0 radical (unpaired) electrons. The molecule has 2 aliphatic rings. The summed E-state index contributed by atoms with van der Waals surface area (Å²) in [6.07, 6.45) is -8.69. The fourth-order valence-electron chi connectivity index (χ4n) is 5.48. The van der Waals surface area contributed by atoms with Gasteiger partial charge in [-0.2, -0.15) is 0 Å². The van der Waals surface area contributed by atoms with Gasteiger partial charge in [0.2, 0.25) is 23.1 Å². The van der Waals surface area contributed by atoms with E-state index in [1.807, 2.05) is 30.3 Å². The van der Waals surface area contributed by atoms with Crippen LogP contribution in [0, 0.1) is 5.92 Å². The number of esters is 2. The molecule has 0 aliphatic carbocycles. The Labute approximate surface area is 234 Å². The summed E-state index contributed by atoms with van der Waals surface area (Å²) in [5.74, 6) is -11.4. The summed E-state index contributed by atoms with van der Waals surface area (Å²) in [4.78, 5) is 60.6. The van der Waals surface area contributed by atoms with Crippen molar-refractivity contribution in [3.63, 3.8) is 0 Å². The third-order valence-corrected chi connectivity index (χ3v) is 7.30. The zero-order valence-electron chi connectivity index (χ0n) is 22.5. The molecule has 224 valence electrons. The number of aliphatic hydroxyl groups excluding tert-OH is 1. The Morgan fingerprint density at radius 2 is 1.63 bits per heavy atom. The first-order valence-corrected chi connectivity index (χ1v) is 12.6. The molecule has 2 fully saturated rings. The van der Waals surface area contributed by atoms with Gasteiger partial charge in [0.1, 0.15) is 12.2 Å². The average molecular weight is 581 g/mol. The van der Waals surface area contributed by atoms with Crippen LogP contribution in [-0.2, 0) is 49.3 Å². The number of hydrogen-bond acceptors (Lipinski definition) is 11. The second kappa shape index (κ2) is 11.6. The summed E-state index contributed by atoms with van der Waals surface area (Å²) in [6, 6.07) is 9.25. The highest BCUT2D eigenvalue weighted by Crippen LogP contribution is 2.55. The van der Waals surface area contributed by atoms with E-state index in [-0.39, 0.29) is 17.9 Å². The van der Waals surface area contributed by atoms with Gasteiger partial charge in [0.05, 0.1) is 0 Å². The van der Waals surface area contributed by atoms with Crippen molar-refractivity contribution in [1.82, 2.24) is 0 Å². The molecular formula is C27H32O14. The van der Waals surface area contributed by atoms with Crippen LogP contribution in [0.4, 0.5) is 0 Å². The van der Waals surface area contributed by atoms with Crippen LogP contribution in [0.2, 0.25) is 0 Å². The predicted octanol–water partition coefficient (Wildman–Crippen LogP) is 0.275. The van der Waals surface area contributed by atoms with Crippen molar-refractivity contribution in [2.45, 2.75) is 81.4 Å². The molecule has 2 aliphatic heterocycles. The van der Waals surface area contributed by atoms with Crippen LogP contribution in [0.15, 0.2) is 42.5 Å². The summed E-state index contributed by atoms with van der Waals surface area (Å²) in [5.41, 5.74) is -6.17. The van der Waals surface area contributed by atoms with Gasteiger partial charge in [-0.1, -0.05) is 43.8 Å². The lowest BCUT2D eigenvalue weighted by Crippen LogP contribution is -2.78. The summed E-state index contributed by atoms with van der Waals surface area (Å²) in [5, 5.41) is 52.0. The Morgan fingerprint density at radius 1 is 1.02 bits per heavy atom. The minimum atomic E-state index is -3.85. The zero-order chi connectivity index (χ0) is 30.9. The van der Waals surface area contributed by atoms with Crippen molar-refractivity contribution < 1.29 is 68.5 Å². The first kappa shape index (κ1) is 31.7. The van der Waals surface area contributed by atoms with E-state index < -0.39 is 77.7 Å². The number of hydrogen-bond donors (Lipinski definition) is 5. The maximum atomic E-state index is 12.6. The average Bonchev–Trinajstić information content (AvgIpc) is 3.09. The van der Waals surface area contributed by atoms with E-state index >= 15 is 0 Å². The SMILES string of the molecule is C=C(CCC12OC(C(=O)O)C(O)(C(=O)O)C(C(=O)O)(O1)[C@H](OC(C)=O)[C@H]2O)[C@@H](OC(C)=O)[C@H](C)Cc1ccccc1. The van der Waals surface area contributed by atoms with E-state index in [1.54, 1.807) is 6.92 Å². The van der Waals surface area contributed by atoms with Crippen molar-refractivity contribution in [3.05, 3.63) is 48.0 Å². The van der Waals surface area contributed by atoms with Gasteiger partial charge in [0.25, 0.3) is 0 Å². The van der Waals surface area contributed by atoms with Crippen molar-refractivity contribution in [1.29, 1.82) is 0 Å². The number of aliphatic hydroxyl groups is 2. The minimum Gasteiger partial charge on any atom is -0.479 e. The van der Waals surface area contributed by atoms with E-state index in [1.165, 1.54) is 6.92 Å². The van der Waals surface area contributed by atoms with Gasteiger partial charge in [-0.15, -0.1) is 0 Å². The molecule has 2 saturated heterocycles. The van der Waals surface area contributed by atoms with Crippen LogP contribution in [0.25, 0.3) is 0 Å². The molecule has 14 nitrogen and oxygen atoms in total. The Bertz CT molecular complexity index is 1230. The van der Waals surface area contributed by atoms with E-state index in [9.17, 15) is 49.5 Å². The maximum absolute atomic E-state index is 12.6. The van der Waals surface area contributed by atoms with Gasteiger partial charge in [-0.25, -0.2) is 14.4 Å². The van der Waals surface area contributed by atoms with Gasteiger partial charge in [-0.05, 0) is 24.0 Å². The molecule has 1 aromatic carbocycles. The number of rotatable bonds is 12. The molecule has 0 saturated carbocycles. The Hall–Kier alpha value is -3.85. The molecular weight excluding hydrogens is 548 g/mol. The monoisotopic (exact) mass is 580 g/mol. The summed E-state index contributed by atoms with van der Waals surface area (Å²) >= 11 is 0. The largest absolute Gasteiger partial charge is 0.479 e. The molecule has 4 unspecified atom stereocenters. The second-order valence-corrected chi connectivity index (χ2v) is 10.2. The predicted molar refractivity (Wildman–Crippen MR) is 134 cm³/mol. The number of carboxylic acids is 3. The molecule has 0 spiro atoms. The fourth-order valence-corrected chi connectivity index (χ4v) is 5.48. The molecule has 2 heterocycles. The number of ether oxygens (including phenoxy) is 4. The Morgan fingerprint density at radius 3 is 2.12 bits per heavy atom. The maximum Gasteiger partial charge on any atom is 0.344 e. The van der Waals surface area contributed by atoms with Crippen LogP contribution in [-0.4, -0.2) is 96.8 Å². The molecule has 0 amide bonds. The highest BCUT2D eigenvalue weighted by Gasteiger charge is 2.85. The molecule has 14 heteroatoms. The van der Waals surface area contributed by atoms with Gasteiger partial charge >= 0.3 is 29.8 Å². The first-order chi connectivity index (χ1) is 19.0. The van der Waals surface area contributed by atoms with Crippen LogP contribution >= 0.6 is 0 Å². The lowest BCUT2D eigenvalue weighted by molar-refractivity contribution is -0.374.